The van der Waals surface area contributed by atoms with Gasteiger partial charge in [-0.2, -0.15) is 5.10 Å². The third-order valence-electron chi connectivity index (χ3n) is 4.27. The SMILES string of the molecule is CC(C)Cn1nc(C(=O)OCc2cc(-c3cccs3)on2)c2ccccc2c1=O. The fourth-order valence-electron chi connectivity index (χ4n) is 2.98. The molecule has 0 saturated carbocycles. The Kier molecular flexibility index (Phi) is 5.26. The largest absolute Gasteiger partial charge is 0.454 e. The topological polar surface area (TPSA) is 87.2 Å². The van der Waals surface area contributed by atoms with Crippen molar-refractivity contribution in [1.29, 1.82) is 0 Å². The molecule has 0 radical (unpaired) electrons. The lowest BCUT2D eigenvalue weighted by Gasteiger charge is -2.12. The zero-order valence-corrected chi connectivity index (χ0v) is 16.8. The van der Waals surface area contributed by atoms with Gasteiger partial charge in [-0.3, -0.25) is 4.79 Å². The van der Waals surface area contributed by atoms with Gasteiger partial charge in [0, 0.05) is 18.0 Å². The predicted molar refractivity (Wildman–Crippen MR) is 110 cm³/mol. The third-order valence-corrected chi connectivity index (χ3v) is 5.16. The molecule has 148 valence electrons. The van der Waals surface area contributed by atoms with E-state index >= 15 is 0 Å². The molecule has 0 amide bonds. The number of nitrogens with zero attached hydrogens (tertiary/aromatic N) is 3. The fourth-order valence-corrected chi connectivity index (χ4v) is 3.65. The molecular weight excluding hydrogens is 390 g/mol. The molecule has 0 bridgehead atoms. The second-order valence-corrected chi connectivity index (χ2v) is 7.96. The summed E-state index contributed by atoms with van der Waals surface area (Å²) in [6.45, 7) is 4.33. The van der Waals surface area contributed by atoms with E-state index in [0.29, 0.717) is 28.8 Å². The van der Waals surface area contributed by atoms with Gasteiger partial charge < -0.3 is 9.26 Å². The van der Waals surface area contributed by atoms with Crippen LogP contribution in [0.2, 0.25) is 0 Å². The summed E-state index contributed by atoms with van der Waals surface area (Å²) >= 11 is 1.54. The van der Waals surface area contributed by atoms with Crippen LogP contribution in [0, 0.1) is 5.92 Å². The molecule has 0 fully saturated rings. The summed E-state index contributed by atoms with van der Waals surface area (Å²) in [5, 5.41) is 11.1. The molecule has 0 atom stereocenters. The summed E-state index contributed by atoms with van der Waals surface area (Å²) in [5.74, 6) is 0.218. The molecule has 8 heteroatoms. The van der Waals surface area contributed by atoms with Crippen molar-refractivity contribution in [2.45, 2.75) is 27.0 Å². The van der Waals surface area contributed by atoms with Crippen molar-refractivity contribution >= 4 is 28.1 Å². The second kappa shape index (κ2) is 8.00. The third kappa shape index (κ3) is 3.97. The number of aromatic nitrogens is 3. The normalized spacial score (nSPS) is 11.3. The zero-order chi connectivity index (χ0) is 20.4. The minimum Gasteiger partial charge on any atom is -0.454 e. The quantitative estimate of drug-likeness (QED) is 0.445. The number of esters is 1. The Hall–Kier alpha value is -3.26. The lowest BCUT2D eigenvalue weighted by atomic mass is 10.1. The molecule has 0 N–H and O–H groups in total. The molecule has 7 nitrogen and oxygen atoms in total. The lowest BCUT2D eigenvalue weighted by Crippen LogP contribution is -2.28. The van der Waals surface area contributed by atoms with Crippen LogP contribution in [-0.4, -0.2) is 20.9 Å². The molecule has 0 aliphatic rings. The van der Waals surface area contributed by atoms with Crippen LogP contribution in [0.5, 0.6) is 0 Å². The minimum absolute atomic E-state index is 0.0486. The second-order valence-electron chi connectivity index (χ2n) is 7.01. The number of thiophene rings is 1. The van der Waals surface area contributed by atoms with Crippen LogP contribution >= 0.6 is 11.3 Å². The van der Waals surface area contributed by atoms with E-state index in [1.165, 1.54) is 16.0 Å². The molecule has 0 spiro atoms. The highest BCUT2D eigenvalue weighted by Gasteiger charge is 2.19. The standard InChI is InChI=1S/C21H19N3O4S/c1-13(2)11-24-20(25)16-7-4-3-6-15(16)19(22-24)21(26)27-12-14-10-17(28-23-14)18-8-5-9-29-18/h3-10,13H,11-12H2,1-2H3. The number of fused-ring (bicyclic) bond motifs is 1. The van der Waals surface area contributed by atoms with E-state index in [1.54, 1.807) is 30.3 Å². The van der Waals surface area contributed by atoms with Gasteiger partial charge in [-0.15, -0.1) is 11.3 Å². The molecule has 29 heavy (non-hydrogen) atoms. The zero-order valence-electron chi connectivity index (χ0n) is 16.0. The number of rotatable bonds is 6. The minimum atomic E-state index is -0.612. The Labute approximate surface area is 170 Å². The Morgan fingerprint density at radius 2 is 2.00 bits per heavy atom. The van der Waals surface area contributed by atoms with Crippen LogP contribution in [-0.2, 0) is 17.9 Å². The van der Waals surface area contributed by atoms with Crippen molar-refractivity contribution in [2.24, 2.45) is 5.92 Å². The van der Waals surface area contributed by atoms with E-state index in [9.17, 15) is 9.59 Å². The van der Waals surface area contributed by atoms with Crippen LogP contribution in [0.25, 0.3) is 21.4 Å². The Balaban J connectivity index is 1.60. The number of benzene rings is 1. The van der Waals surface area contributed by atoms with Crippen molar-refractivity contribution in [3.63, 3.8) is 0 Å². The number of carbonyl (C=O) groups excluding carboxylic acids is 1. The Morgan fingerprint density at radius 3 is 2.72 bits per heavy atom. The average Bonchev–Trinajstić information content (AvgIpc) is 3.39. The van der Waals surface area contributed by atoms with Gasteiger partial charge in [0.05, 0.1) is 10.3 Å². The van der Waals surface area contributed by atoms with Gasteiger partial charge in [-0.05, 0) is 23.4 Å². The summed E-state index contributed by atoms with van der Waals surface area (Å²) in [6, 6.07) is 12.5. The van der Waals surface area contributed by atoms with Gasteiger partial charge in [0.2, 0.25) is 0 Å². The fraction of sp³-hybridized carbons (Fsp3) is 0.238. The number of hydrogen-bond acceptors (Lipinski definition) is 7. The molecule has 4 rings (SSSR count). The smallest absolute Gasteiger partial charge is 0.359 e. The maximum absolute atomic E-state index is 12.8. The van der Waals surface area contributed by atoms with Crippen molar-refractivity contribution < 1.29 is 14.1 Å². The maximum Gasteiger partial charge on any atom is 0.359 e. The van der Waals surface area contributed by atoms with E-state index in [2.05, 4.69) is 10.3 Å². The summed E-state index contributed by atoms with van der Waals surface area (Å²) in [7, 11) is 0. The first-order chi connectivity index (χ1) is 14.0. The molecule has 1 aromatic carbocycles. The molecule has 4 aromatic rings. The van der Waals surface area contributed by atoms with Gasteiger partial charge in [0.1, 0.15) is 12.3 Å². The first-order valence-corrected chi connectivity index (χ1v) is 10.1. The van der Waals surface area contributed by atoms with E-state index in [4.69, 9.17) is 9.26 Å². The summed E-state index contributed by atoms with van der Waals surface area (Å²) in [4.78, 5) is 26.4. The highest BCUT2D eigenvalue weighted by atomic mass is 32.1. The van der Waals surface area contributed by atoms with E-state index in [1.807, 2.05) is 31.4 Å². The van der Waals surface area contributed by atoms with Gasteiger partial charge >= 0.3 is 5.97 Å². The molecular formula is C21H19N3O4S. The number of ether oxygens (including phenoxy) is 1. The first-order valence-electron chi connectivity index (χ1n) is 9.19. The molecule has 0 aliphatic carbocycles. The van der Waals surface area contributed by atoms with Crippen molar-refractivity contribution in [3.05, 3.63) is 69.6 Å². The van der Waals surface area contributed by atoms with Crippen LogP contribution in [0.4, 0.5) is 0 Å². The van der Waals surface area contributed by atoms with Crippen LogP contribution < -0.4 is 5.56 Å². The highest BCUT2D eigenvalue weighted by molar-refractivity contribution is 7.13. The Morgan fingerprint density at radius 1 is 1.21 bits per heavy atom. The van der Waals surface area contributed by atoms with Crippen LogP contribution in [0.15, 0.2) is 57.2 Å². The van der Waals surface area contributed by atoms with E-state index < -0.39 is 5.97 Å². The maximum atomic E-state index is 12.8. The summed E-state index contributed by atoms with van der Waals surface area (Å²) in [6.07, 6.45) is 0. The van der Waals surface area contributed by atoms with Crippen molar-refractivity contribution in [2.75, 3.05) is 0 Å². The van der Waals surface area contributed by atoms with Gasteiger partial charge in [0.25, 0.3) is 5.56 Å². The highest BCUT2D eigenvalue weighted by Crippen LogP contribution is 2.25. The molecule has 0 aliphatic heterocycles. The first kappa shape index (κ1) is 19.1. The Bertz CT molecular complexity index is 1210. The number of carbonyl (C=O) groups is 1. The van der Waals surface area contributed by atoms with Crippen molar-refractivity contribution in [1.82, 2.24) is 14.9 Å². The average molecular weight is 409 g/mol. The number of hydrogen-bond donors (Lipinski definition) is 0. The van der Waals surface area contributed by atoms with Crippen LogP contribution in [0.3, 0.4) is 0 Å². The molecule has 0 saturated heterocycles. The monoisotopic (exact) mass is 409 g/mol. The predicted octanol–water partition coefficient (Wildman–Crippen LogP) is 4.13. The molecule has 0 unspecified atom stereocenters. The lowest BCUT2D eigenvalue weighted by molar-refractivity contribution is 0.0456. The molecule has 3 aromatic heterocycles. The van der Waals surface area contributed by atoms with Gasteiger partial charge in [0.15, 0.2) is 11.5 Å². The molecule has 3 heterocycles. The van der Waals surface area contributed by atoms with E-state index in [0.717, 1.165) is 4.88 Å². The van der Waals surface area contributed by atoms with Gasteiger partial charge in [-0.1, -0.05) is 43.3 Å². The van der Waals surface area contributed by atoms with Crippen molar-refractivity contribution in [3.8, 4) is 10.6 Å². The summed E-state index contributed by atoms with van der Waals surface area (Å²) < 4.78 is 12.0. The van der Waals surface area contributed by atoms with E-state index in [-0.39, 0.29) is 23.8 Å². The van der Waals surface area contributed by atoms with Gasteiger partial charge in [-0.25, -0.2) is 9.48 Å². The van der Waals surface area contributed by atoms with Crippen LogP contribution in [0.1, 0.15) is 30.0 Å². The summed E-state index contributed by atoms with van der Waals surface area (Å²) in [5.41, 5.74) is 0.396.